The Morgan fingerprint density at radius 3 is 2.27 bits per heavy atom. The van der Waals surface area contributed by atoms with Crippen LogP contribution >= 0.6 is 12.4 Å². The SMILES string of the molecule is Cl.N[C@@H]1CCC[C@H]1CC(=O)NCC1CCCCC1C(F)(F)F. The summed E-state index contributed by atoms with van der Waals surface area (Å²) in [6, 6.07) is 0.0633. The summed E-state index contributed by atoms with van der Waals surface area (Å²) in [6.07, 6.45) is 1.32. The highest BCUT2D eigenvalue weighted by Gasteiger charge is 2.45. The molecule has 0 bridgehead atoms. The lowest BCUT2D eigenvalue weighted by Crippen LogP contribution is -2.41. The average Bonchev–Trinajstić information content (AvgIpc) is 2.81. The van der Waals surface area contributed by atoms with E-state index < -0.39 is 18.0 Å². The van der Waals surface area contributed by atoms with E-state index in [0.29, 0.717) is 19.3 Å². The molecule has 0 aliphatic heterocycles. The molecule has 0 heterocycles. The maximum absolute atomic E-state index is 13.0. The molecule has 2 fully saturated rings. The Labute approximate surface area is 136 Å². The van der Waals surface area contributed by atoms with E-state index >= 15 is 0 Å². The zero-order valence-electron chi connectivity index (χ0n) is 12.7. The first-order valence-corrected chi connectivity index (χ1v) is 7.97. The molecule has 3 nitrogen and oxygen atoms in total. The minimum absolute atomic E-state index is 0. The summed E-state index contributed by atoms with van der Waals surface area (Å²) >= 11 is 0. The van der Waals surface area contributed by atoms with Gasteiger partial charge >= 0.3 is 6.18 Å². The molecule has 2 aliphatic rings. The van der Waals surface area contributed by atoms with E-state index in [-0.39, 0.29) is 43.2 Å². The standard InChI is InChI=1S/C15H25F3N2O.ClH/c16-15(17,18)12-6-2-1-4-11(12)9-20-14(21)8-10-5-3-7-13(10)19;/h10-13H,1-9,19H2,(H,20,21);1H/t10-,11?,12?,13+;/m0./s1. The van der Waals surface area contributed by atoms with Gasteiger partial charge in [0.15, 0.2) is 0 Å². The lowest BCUT2D eigenvalue weighted by molar-refractivity contribution is -0.195. The molecule has 0 aromatic heterocycles. The Hall–Kier alpha value is -0.490. The Bertz CT molecular complexity index is 365. The molecule has 130 valence electrons. The van der Waals surface area contributed by atoms with Crippen LogP contribution in [-0.4, -0.2) is 24.7 Å². The second-order valence-corrected chi connectivity index (χ2v) is 6.56. The van der Waals surface area contributed by atoms with Crippen molar-refractivity contribution in [3.05, 3.63) is 0 Å². The van der Waals surface area contributed by atoms with Crippen molar-refractivity contribution in [3.63, 3.8) is 0 Å². The van der Waals surface area contributed by atoms with Gasteiger partial charge < -0.3 is 11.1 Å². The first-order chi connectivity index (χ1) is 9.88. The largest absolute Gasteiger partial charge is 0.392 e. The zero-order valence-corrected chi connectivity index (χ0v) is 13.5. The van der Waals surface area contributed by atoms with E-state index in [0.717, 1.165) is 25.7 Å². The van der Waals surface area contributed by atoms with Crippen molar-refractivity contribution in [2.24, 2.45) is 23.5 Å². The number of hydrogen-bond acceptors (Lipinski definition) is 2. The Balaban J connectivity index is 0.00000242. The Morgan fingerprint density at radius 1 is 1.05 bits per heavy atom. The molecule has 2 rings (SSSR count). The minimum Gasteiger partial charge on any atom is -0.356 e. The third-order valence-corrected chi connectivity index (χ3v) is 5.06. The number of amides is 1. The van der Waals surface area contributed by atoms with E-state index in [9.17, 15) is 18.0 Å². The first kappa shape index (κ1) is 19.6. The molecule has 0 saturated heterocycles. The summed E-state index contributed by atoms with van der Waals surface area (Å²) in [4.78, 5) is 11.9. The number of alkyl halides is 3. The molecule has 0 spiro atoms. The second-order valence-electron chi connectivity index (χ2n) is 6.56. The molecule has 2 saturated carbocycles. The number of rotatable bonds is 4. The molecule has 7 heteroatoms. The van der Waals surface area contributed by atoms with Crippen LogP contribution in [0.1, 0.15) is 51.4 Å². The number of carbonyl (C=O) groups excluding carboxylic acids is 1. The van der Waals surface area contributed by atoms with Gasteiger partial charge in [-0.3, -0.25) is 4.79 Å². The van der Waals surface area contributed by atoms with E-state index in [1.165, 1.54) is 0 Å². The summed E-state index contributed by atoms with van der Waals surface area (Å²) in [5.41, 5.74) is 5.92. The van der Waals surface area contributed by atoms with E-state index in [4.69, 9.17) is 5.73 Å². The fourth-order valence-corrected chi connectivity index (χ4v) is 3.76. The minimum atomic E-state index is -4.15. The third-order valence-electron chi connectivity index (χ3n) is 5.06. The van der Waals surface area contributed by atoms with Crippen LogP contribution in [0, 0.1) is 17.8 Å². The number of nitrogens with two attached hydrogens (primary N) is 1. The predicted molar refractivity (Wildman–Crippen MR) is 81.7 cm³/mol. The van der Waals surface area contributed by atoms with Crippen LogP contribution in [0.15, 0.2) is 0 Å². The molecule has 0 aromatic rings. The molecule has 1 amide bonds. The van der Waals surface area contributed by atoms with Gasteiger partial charge in [-0.15, -0.1) is 12.4 Å². The van der Waals surface area contributed by atoms with Gasteiger partial charge in [0.25, 0.3) is 0 Å². The van der Waals surface area contributed by atoms with E-state index in [2.05, 4.69) is 5.32 Å². The lowest BCUT2D eigenvalue weighted by atomic mass is 9.78. The van der Waals surface area contributed by atoms with Crippen molar-refractivity contribution in [2.75, 3.05) is 6.54 Å². The van der Waals surface area contributed by atoms with Crippen molar-refractivity contribution >= 4 is 18.3 Å². The fraction of sp³-hybridized carbons (Fsp3) is 0.933. The van der Waals surface area contributed by atoms with Gasteiger partial charge in [0.05, 0.1) is 5.92 Å². The summed E-state index contributed by atoms with van der Waals surface area (Å²) in [6.45, 7) is 0.144. The molecule has 0 radical (unpaired) electrons. The van der Waals surface area contributed by atoms with Crippen LogP contribution in [0.2, 0.25) is 0 Å². The molecular formula is C15H26ClF3N2O. The summed E-state index contributed by atoms with van der Waals surface area (Å²) < 4.78 is 38.9. The highest BCUT2D eigenvalue weighted by atomic mass is 35.5. The fourth-order valence-electron chi connectivity index (χ4n) is 3.76. The molecule has 3 N–H and O–H groups in total. The van der Waals surface area contributed by atoms with Crippen molar-refractivity contribution in [2.45, 2.75) is 63.6 Å². The Kier molecular flexibility index (Phi) is 7.46. The highest BCUT2D eigenvalue weighted by molar-refractivity contribution is 5.85. The van der Waals surface area contributed by atoms with Gasteiger partial charge in [0.1, 0.15) is 0 Å². The summed E-state index contributed by atoms with van der Waals surface area (Å²) in [5.74, 6) is -1.70. The molecule has 2 aliphatic carbocycles. The molecule has 0 aromatic carbocycles. The summed E-state index contributed by atoms with van der Waals surface area (Å²) in [5, 5.41) is 2.71. The molecule has 22 heavy (non-hydrogen) atoms. The number of carbonyl (C=O) groups is 1. The third kappa shape index (κ3) is 5.30. The maximum Gasteiger partial charge on any atom is 0.392 e. The predicted octanol–water partition coefficient (Wildman–Crippen LogP) is 3.41. The molecule has 2 unspecified atom stereocenters. The number of halogens is 4. The number of hydrogen-bond donors (Lipinski definition) is 2. The van der Waals surface area contributed by atoms with Crippen LogP contribution < -0.4 is 11.1 Å². The normalized spacial score (nSPS) is 32.4. The van der Waals surface area contributed by atoms with Gasteiger partial charge in [0.2, 0.25) is 5.91 Å². The molecular weight excluding hydrogens is 317 g/mol. The molecule has 4 atom stereocenters. The first-order valence-electron chi connectivity index (χ1n) is 7.97. The van der Waals surface area contributed by atoms with Crippen molar-refractivity contribution in [1.29, 1.82) is 0 Å². The zero-order chi connectivity index (χ0) is 15.5. The Morgan fingerprint density at radius 2 is 1.68 bits per heavy atom. The van der Waals surface area contributed by atoms with Gasteiger partial charge in [-0.2, -0.15) is 13.2 Å². The van der Waals surface area contributed by atoms with Crippen LogP contribution in [0.4, 0.5) is 13.2 Å². The van der Waals surface area contributed by atoms with Crippen LogP contribution in [0.3, 0.4) is 0 Å². The van der Waals surface area contributed by atoms with Gasteiger partial charge in [-0.05, 0) is 37.5 Å². The van der Waals surface area contributed by atoms with E-state index in [1.54, 1.807) is 0 Å². The van der Waals surface area contributed by atoms with Crippen LogP contribution in [0.5, 0.6) is 0 Å². The number of nitrogens with one attached hydrogen (secondary N) is 1. The van der Waals surface area contributed by atoms with Crippen molar-refractivity contribution in [1.82, 2.24) is 5.32 Å². The van der Waals surface area contributed by atoms with Gasteiger partial charge in [-0.25, -0.2) is 0 Å². The maximum atomic E-state index is 13.0. The van der Waals surface area contributed by atoms with Crippen LogP contribution in [-0.2, 0) is 4.79 Å². The summed E-state index contributed by atoms with van der Waals surface area (Å²) in [7, 11) is 0. The van der Waals surface area contributed by atoms with Gasteiger partial charge in [-0.1, -0.05) is 19.3 Å². The highest BCUT2D eigenvalue weighted by Crippen LogP contribution is 2.41. The monoisotopic (exact) mass is 342 g/mol. The van der Waals surface area contributed by atoms with E-state index in [1.807, 2.05) is 0 Å². The smallest absolute Gasteiger partial charge is 0.356 e. The lowest BCUT2D eigenvalue weighted by Gasteiger charge is -2.33. The topological polar surface area (TPSA) is 55.1 Å². The quantitative estimate of drug-likeness (QED) is 0.822. The van der Waals surface area contributed by atoms with Crippen molar-refractivity contribution < 1.29 is 18.0 Å². The van der Waals surface area contributed by atoms with Crippen LogP contribution in [0.25, 0.3) is 0 Å². The van der Waals surface area contributed by atoms with Gasteiger partial charge in [0, 0.05) is 19.0 Å². The average molecular weight is 343 g/mol. The van der Waals surface area contributed by atoms with Crippen molar-refractivity contribution in [3.8, 4) is 0 Å². The second kappa shape index (κ2) is 8.39.